The molecule has 3 rings (SSSR count). The average molecular weight is 379 g/mol. The molecule has 3 aromatic rings. The van der Waals surface area contributed by atoms with Crippen molar-refractivity contribution < 1.29 is 14.3 Å². The van der Waals surface area contributed by atoms with Crippen molar-refractivity contribution in [2.24, 2.45) is 7.05 Å². The van der Waals surface area contributed by atoms with Crippen LogP contribution in [0.2, 0.25) is 0 Å². The van der Waals surface area contributed by atoms with Crippen LogP contribution in [0.1, 0.15) is 31.8 Å². The van der Waals surface area contributed by atoms with E-state index >= 15 is 0 Å². The van der Waals surface area contributed by atoms with E-state index in [1.54, 1.807) is 50.3 Å². The number of carbonyl (C=O) groups excluding carboxylic acids is 2. The van der Waals surface area contributed by atoms with Gasteiger partial charge in [0.25, 0.3) is 5.91 Å². The van der Waals surface area contributed by atoms with Crippen LogP contribution in [-0.4, -0.2) is 58.2 Å². The molecule has 0 radical (unpaired) electrons. The zero-order valence-corrected chi connectivity index (χ0v) is 16.2. The van der Waals surface area contributed by atoms with Crippen molar-refractivity contribution in [3.05, 3.63) is 64.7 Å². The van der Waals surface area contributed by atoms with Crippen molar-refractivity contribution in [2.45, 2.75) is 6.42 Å². The summed E-state index contributed by atoms with van der Waals surface area (Å²) >= 11 is 0. The van der Waals surface area contributed by atoms with Crippen LogP contribution in [-0.2, 0) is 18.2 Å². The lowest BCUT2D eigenvalue weighted by atomic mass is 9.96. The fourth-order valence-corrected chi connectivity index (χ4v) is 2.82. The minimum atomic E-state index is -0.428. The molecule has 0 aliphatic rings. The molecule has 0 spiro atoms. The van der Waals surface area contributed by atoms with Crippen LogP contribution in [0.3, 0.4) is 0 Å². The highest BCUT2D eigenvalue weighted by atomic mass is 16.5. The van der Waals surface area contributed by atoms with Gasteiger partial charge in [-0.1, -0.05) is 18.2 Å². The van der Waals surface area contributed by atoms with Crippen LogP contribution in [0.4, 0.5) is 0 Å². The number of nitrogens with zero attached hydrogens (tertiary/aromatic N) is 5. The maximum absolute atomic E-state index is 12.0. The van der Waals surface area contributed by atoms with Crippen LogP contribution >= 0.6 is 0 Å². The third-order valence-electron chi connectivity index (χ3n) is 4.28. The Morgan fingerprint density at radius 2 is 1.75 bits per heavy atom. The Kier molecular flexibility index (Phi) is 5.49. The van der Waals surface area contributed by atoms with Crippen molar-refractivity contribution >= 4 is 11.9 Å². The SMILES string of the molecule is COC(=O)c1ccc(Cc2ccc(C(=O)N(C)C)cc2)c(-c2nnn(C)n2)c1. The third-order valence-corrected chi connectivity index (χ3v) is 4.28. The van der Waals surface area contributed by atoms with Gasteiger partial charge in [0.15, 0.2) is 0 Å². The molecule has 0 unspecified atom stereocenters. The number of carbonyl (C=O) groups is 2. The average Bonchev–Trinajstić information content (AvgIpc) is 3.13. The van der Waals surface area contributed by atoms with Gasteiger partial charge in [0.1, 0.15) is 0 Å². The number of hydrogen-bond acceptors (Lipinski definition) is 6. The molecule has 8 heteroatoms. The Labute approximate surface area is 162 Å². The van der Waals surface area contributed by atoms with Crippen molar-refractivity contribution in [3.8, 4) is 11.4 Å². The Hall–Kier alpha value is -3.55. The van der Waals surface area contributed by atoms with Crippen molar-refractivity contribution in [1.29, 1.82) is 0 Å². The first-order valence-corrected chi connectivity index (χ1v) is 8.65. The normalized spacial score (nSPS) is 10.6. The number of methoxy groups -OCH3 is 1. The molecule has 8 nitrogen and oxygen atoms in total. The molecule has 1 aromatic heterocycles. The number of aromatic nitrogens is 4. The first kappa shape index (κ1) is 19.2. The summed E-state index contributed by atoms with van der Waals surface area (Å²) in [5, 5.41) is 12.2. The minimum Gasteiger partial charge on any atom is -0.465 e. The molecule has 0 aliphatic heterocycles. The van der Waals surface area contributed by atoms with Gasteiger partial charge in [0, 0.05) is 25.2 Å². The molecule has 0 fully saturated rings. The quantitative estimate of drug-likeness (QED) is 0.630. The van der Waals surface area contributed by atoms with Gasteiger partial charge in [0.05, 0.1) is 19.7 Å². The second-order valence-corrected chi connectivity index (χ2v) is 6.54. The number of ether oxygens (including phenoxy) is 1. The van der Waals surface area contributed by atoms with Gasteiger partial charge in [-0.3, -0.25) is 4.79 Å². The zero-order valence-electron chi connectivity index (χ0n) is 16.2. The minimum absolute atomic E-state index is 0.0431. The van der Waals surface area contributed by atoms with Crippen molar-refractivity contribution in [1.82, 2.24) is 25.1 Å². The predicted molar refractivity (Wildman–Crippen MR) is 103 cm³/mol. The van der Waals surface area contributed by atoms with E-state index < -0.39 is 5.97 Å². The third kappa shape index (κ3) is 4.06. The van der Waals surface area contributed by atoms with Gasteiger partial charge in [-0.2, -0.15) is 4.80 Å². The predicted octanol–water partition coefficient (Wildman–Crippen LogP) is 1.96. The Morgan fingerprint density at radius 3 is 2.32 bits per heavy atom. The monoisotopic (exact) mass is 379 g/mol. The Balaban J connectivity index is 1.95. The smallest absolute Gasteiger partial charge is 0.337 e. The maximum Gasteiger partial charge on any atom is 0.337 e. The Bertz CT molecular complexity index is 1010. The topological polar surface area (TPSA) is 90.2 Å². The van der Waals surface area contributed by atoms with Gasteiger partial charge in [-0.25, -0.2) is 4.79 Å². The first-order chi connectivity index (χ1) is 13.4. The maximum atomic E-state index is 12.0. The van der Waals surface area contributed by atoms with Gasteiger partial charge < -0.3 is 9.64 Å². The van der Waals surface area contributed by atoms with Crippen molar-refractivity contribution in [3.63, 3.8) is 0 Å². The number of aryl methyl sites for hydroxylation is 1. The van der Waals surface area contributed by atoms with Gasteiger partial charge in [0.2, 0.25) is 5.82 Å². The molecule has 0 saturated heterocycles. The fourth-order valence-electron chi connectivity index (χ4n) is 2.82. The van der Waals surface area contributed by atoms with Crippen molar-refractivity contribution in [2.75, 3.05) is 21.2 Å². The molecule has 0 aliphatic carbocycles. The summed E-state index contributed by atoms with van der Waals surface area (Å²) in [4.78, 5) is 26.9. The molecule has 0 N–H and O–H groups in total. The summed E-state index contributed by atoms with van der Waals surface area (Å²) in [5.41, 5.74) is 3.72. The number of amides is 1. The van der Waals surface area contributed by atoms with Crippen LogP contribution in [0, 0.1) is 0 Å². The van der Waals surface area contributed by atoms with E-state index in [0.29, 0.717) is 28.9 Å². The van der Waals surface area contributed by atoms with Crippen LogP contribution in [0.25, 0.3) is 11.4 Å². The summed E-state index contributed by atoms with van der Waals surface area (Å²) in [5.74, 6) is -0.0377. The van der Waals surface area contributed by atoms with Gasteiger partial charge in [-0.15, -0.1) is 10.2 Å². The zero-order chi connectivity index (χ0) is 20.3. The molecule has 0 saturated carbocycles. The molecule has 1 amide bonds. The molecule has 2 aromatic carbocycles. The molecule has 0 bridgehead atoms. The number of benzene rings is 2. The number of tetrazole rings is 1. The first-order valence-electron chi connectivity index (χ1n) is 8.65. The largest absolute Gasteiger partial charge is 0.465 e. The molecule has 28 heavy (non-hydrogen) atoms. The van der Waals surface area contributed by atoms with E-state index in [4.69, 9.17) is 4.74 Å². The highest BCUT2D eigenvalue weighted by Crippen LogP contribution is 2.25. The van der Waals surface area contributed by atoms with E-state index in [2.05, 4.69) is 15.4 Å². The highest BCUT2D eigenvalue weighted by Gasteiger charge is 2.16. The lowest BCUT2D eigenvalue weighted by Gasteiger charge is -2.12. The van der Waals surface area contributed by atoms with E-state index in [1.807, 2.05) is 18.2 Å². The summed E-state index contributed by atoms with van der Waals surface area (Å²) in [7, 11) is 6.46. The van der Waals surface area contributed by atoms with E-state index in [0.717, 1.165) is 11.1 Å². The number of esters is 1. The van der Waals surface area contributed by atoms with E-state index in [9.17, 15) is 9.59 Å². The van der Waals surface area contributed by atoms with Gasteiger partial charge >= 0.3 is 5.97 Å². The lowest BCUT2D eigenvalue weighted by molar-refractivity contribution is 0.0600. The molecule has 144 valence electrons. The lowest BCUT2D eigenvalue weighted by Crippen LogP contribution is -2.21. The van der Waals surface area contributed by atoms with Gasteiger partial charge in [-0.05, 0) is 47.0 Å². The van der Waals surface area contributed by atoms with Crippen LogP contribution in [0.15, 0.2) is 42.5 Å². The standard InChI is InChI=1S/C20H21N5O3/c1-24(2)19(26)14-7-5-13(6-8-14)11-15-9-10-16(20(27)28-4)12-17(15)18-21-23-25(3)22-18/h5-10,12H,11H2,1-4H3. The Morgan fingerprint density at radius 1 is 1.07 bits per heavy atom. The van der Waals surface area contributed by atoms with Crippen LogP contribution in [0.5, 0.6) is 0 Å². The second-order valence-electron chi connectivity index (χ2n) is 6.54. The van der Waals surface area contributed by atoms with Crippen LogP contribution < -0.4 is 0 Å². The summed E-state index contributed by atoms with van der Waals surface area (Å²) in [6.07, 6.45) is 0.589. The summed E-state index contributed by atoms with van der Waals surface area (Å²) in [6, 6.07) is 12.7. The summed E-state index contributed by atoms with van der Waals surface area (Å²) in [6.45, 7) is 0. The fraction of sp³-hybridized carbons (Fsp3) is 0.250. The number of rotatable bonds is 5. The van der Waals surface area contributed by atoms with E-state index in [1.165, 1.54) is 11.9 Å². The molecular formula is C20H21N5O3. The van der Waals surface area contributed by atoms with E-state index in [-0.39, 0.29) is 5.91 Å². The molecule has 1 heterocycles. The number of hydrogen-bond donors (Lipinski definition) is 0. The molecule has 0 atom stereocenters. The summed E-state index contributed by atoms with van der Waals surface area (Å²) < 4.78 is 4.81. The highest BCUT2D eigenvalue weighted by molar-refractivity contribution is 5.94. The second kappa shape index (κ2) is 7.99. The molecular weight excluding hydrogens is 358 g/mol.